The number of fused-ring (bicyclic) bond motifs is 1. The lowest BCUT2D eigenvalue weighted by atomic mass is 10.0. The third-order valence-corrected chi connectivity index (χ3v) is 5.27. The highest BCUT2D eigenvalue weighted by Gasteiger charge is 2.15. The number of nitrogens with zero attached hydrogens (tertiary/aromatic N) is 1. The number of ether oxygens (including phenoxy) is 1. The van der Waals surface area contributed by atoms with Crippen molar-refractivity contribution < 1.29 is 9.53 Å². The predicted octanol–water partition coefficient (Wildman–Crippen LogP) is 5.90. The molecule has 0 unspecified atom stereocenters. The summed E-state index contributed by atoms with van der Waals surface area (Å²) >= 11 is 0. The van der Waals surface area contributed by atoms with Gasteiger partial charge in [-0.05, 0) is 68.7 Å². The van der Waals surface area contributed by atoms with Crippen LogP contribution in [0.25, 0.3) is 22.3 Å². The minimum atomic E-state index is -0.0115. The molecule has 31 heavy (non-hydrogen) atoms. The summed E-state index contributed by atoms with van der Waals surface area (Å²) in [5.41, 5.74) is 6.18. The molecule has 0 aliphatic carbocycles. The minimum Gasteiger partial charge on any atom is -0.492 e. The van der Waals surface area contributed by atoms with Gasteiger partial charge in [0.2, 0.25) is 5.91 Å². The van der Waals surface area contributed by atoms with E-state index in [0.717, 1.165) is 29.7 Å². The largest absolute Gasteiger partial charge is 0.492 e. The van der Waals surface area contributed by atoms with Crippen molar-refractivity contribution in [2.45, 2.75) is 33.1 Å². The number of para-hydroxylation sites is 2. The number of carbonyl (C=O) groups is 1. The number of aryl methyl sites for hydroxylation is 2. The molecule has 0 radical (unpaired) electrons. The van der Waals surface area contributed by atoms with Gasteiger partial charge in [-0.25, -0.2) is 0 Å². The van der Waals surface area contributed by atoms with Gasteiger partial charge >= 0.3 is 0 Å². The molecular formula is C26H27N3O2. The van der Waals surface area contributed by atoms with Crippen LogP contribution in [0.3, 0.4) is 0 Å². The Morgan fingerprint density at radius 2 is 1.94 bits per heavy atom. The fraction of sp³-hybridized carbons (Fsp3) is 0.231. The van der Waals surface area contributed by atoms with Crippen molar-refractivity contribution in [2.24, 2.45) is 0 Å². The molecule has 158 valence electrons. The fourth-order valence-electron chi connectivity index (χ4n) is 3.84. The molecule has 5 nitrogen and oxygen atoms in total. The zero-order chi connectivity index (χ0) is 21.6. The molecule has 5 heteroatoms. The number of pyridine rings is 1. The third-order valence-electron chi connectivity index (χ3n) is 5.27. The zero-order valence-electron chi connectivity index (χ0n) is 17.9. The Morgan fingerprint density at radius 3 is 2.74 bits per heavy atom. The Morgan fingerprint density at radius 1 is 1.10 bits per heavy atom. The molecule has 2 aromatic carbocycles. The molecular weight excluding hydrogens is 386 g/mol. The number of hydrogen-bond donors (Lipinski definition) is 2. The van der Waals surface area contributed by atoms with Gasteiger partial charge in [-0.2, -0.15) is 0 Å². The van der Waals surface area contributed by atoms with Crippen LogP contribution >= 0.6 is 0 Å². The average molecular weight is 414 g/mol. The molecule has 0 spiro atoms. The molecule has 0 aliphatic heterocycles. The number of anilines is 1. The topological polar surface area (TPSA) is 67.0 Å². The predicted molar refractivity (Wildman–Crippen MR) is 125 cm³/mol. The SMILES string of the molecule is CCOc1ccccc1NC(=O)CCCc1c(-c2ccccn2)[nH]c2ccc(C)cc12. The van der Waals surface area contributed by atoms with Gasteiger partial charge in [-0.15, -0.1) is 0 Å². The van der Waals surface area contributed by atoms with Crippen LogP contribution in [0.4, 0.5) is 5.69 Å². The van der Waals surface area contributed by atoms with E-state index in [4.69, 9.17) is 4.74 Å². The van der Waals surface area contributed by atoms with E-state index in [1.807, 2.05) is 49.4 Å². The summed E-state index contributed by atoms with van der Waals surface area (Å²) in [4.78, 5) is 20.6. The second-order valence-electron chi connectivity index (χ2n) is 7.57. The van der Waals surface area contributed by atoms with Crippen LogP contribution < -0.4 is 10.1 Å². The van der Waals surface area contributed by atoms with Gasteiger partial charge in [0.15, 0.2) is 0 Å². The van der Waals surface area contributed by atoms with Gasteiger partial charge < -0.3 is 15.0 Å². The Labute approximate surface area is 182 Å². The van der Waals surface area contributed by atoms with Crippen LogP contribution in [0.2, 0.25) is 0 Å². The van der Waals surface area contributed by atoms with Gasteiger partial charge in [0.1, 0.15) is 5.75 Å². The number of benzene rings is 2. The number of aromatic amines is 1. The van der Waals surface area contributed by atoms with Crippen LogP contribution in [0.1, 0.15) is 30.9 Å². The lowest BCUT2D eigenvalue weighted by molar-refractivity contribution is -0.116. The van der Waals surface area contributed by atoms with Crippen LogP contribution in [-0.4, -0.2) is 22.5 Å². The Balaban J connectivity index is 1.50. The molecule has 2 N–H and O–H groups in total. The van der Waals surface area contributed by atoms with E-state index in [0.29, 0.717) is 24.5 Å². The Bertz CT molecular complexity index is 1180. The van der Waals surface area contributed by atoms with E-state index in [1.165, 1.54) is 16.5 Å². The molecule has 4 aromatic rings. The van der Waals surface area contributed by atoms with Crippen molar-refractivity contribution in [1.82, 2.24) is 9.97 Å². The molecule has 0 fully saturated rings. The monoisotopic (exact) mass is 413 g/mol. The van der Waals surface area contributed by atoms with Gasteiger partial charge in [-0.1, -0.05) is 29.8 Å². The normalized spacial score (nSPS) is 10.9. The summed E-state index contributed by atoms with van der Waals surface area (Å²) in [6.07, 6.45) is 3.76. The lowest BCUT2D eigenvalue weighted by Gasteiger charge is -2.11. The summed E-state index contributed by atoms with van der Waals surface area (Å²) in [5.74, 6) is 0.686. The summed E-state index contributed by atoms with van der Waals surface area (Å²) < 4.78 is 5.60. The van der Waals surface area contributed by atoms with Crippen molar-refractivity contribution in [3.8, 4) is 17.1 Å². The van der Waals surface area contributed by atoms with Crippen molar-refractivity contribution in [3.05, 3.63) is 78.0 Å². The summed E-state index contributed by atoms with van der Waals surface area (Å²) in [5, 5.41) is 4.18. The smallest absolute Gasteiger partial charge is 0.224 e. The van der Waals surface area contributed by atoms with E-state index >= 15 is 0 Å². The number of nitrogens with one attached hydrogen (secondary N) is 2. The first kappa shape index (κ1) is 20.7. The van der Waals surface area contributed by atoms with Crippen LogP contribution in [0.5, 0.6) is 5.75 Å². The van der Waals surface area contributed by atoms with Crippen molar-refractivity contribution in [3.63, 3.8) is 0 Å². The van der Waals surface area contributed by atoms with E-state index in [-0.39, 0.29) is 5.91 Å². The molecule has 0 aliphatic rings. The van der Waals surface area contributed by atoms with Gasteiger partial charge in [0.05, 0.1) is 23.7 Å². The Kier molecular flexibility index (Phi) is 6.32. The van der Waals surface area contributed by atoms with Crippen molar-refractivity contribution in [1.29, 1.82) is 0 Å². The molecule has 1 amide bonds. The van der Waals surface area contributed by atoms with Gasteiger partial charge in [0.25, 0.3) is 0 Å². The molecule has 2 aromatic heterocycles. The molecule has 2 heterocycles. The second kappa shape index (κ2) is 9.47. The number of amides is 1. The Hall–Kier alpha value is -3.60. The van der Waals surface area contributed by atoms with Gasteiger partial charge in [-0.3, -0.25) is 9.78 Å². The van der Waals surface area contributed by atoms with E-state index in [2.05, 4.69) is 40.4 Å². The van der Waals surface area contributed by atoms with E-state index in [9.17, 15) is 4.79 Å². The molecule has 4 rings (SSSR count). The van der Waals surface area contributed by atoms with Gasteiger partial charge in [0, 0.05) is 23.5 Å². The molecule has 0 bridgehead atoms. The minimum absolute atomic E-state index is 0.0115. The summed E-state index contributed by atoms with van der Waals surface area (Å²) in [6.45, 7) is 4.59. The van der Waals surface area contributed by atoms with Crippen LogP contribution in [-0.2, 0) is 11.2 Å². The average Bonchev–Trinajstić information content (AvgIpc) is 3.14. The first-order valence-electron chi connectivity index (χ1n) is 10.7. The molecule has 0 atom stereocenters. The second-order valence-corrected chi connectivity index (χ2v) is 7.57. The highest BCUT2D eigenvalue weighted by Crippen LogP contribution is 2.31. The first-order chi connectivity index (χ1) is 15.2. The zero-order valence-corrected chi connectivity index (χ0v) is 17.9. The maximum Gasteiger partial charge on any atom is 0.224 e. The standard InChI is InChI=1S/C26H27N3O2/c1-3-31-24-12-5-4-10-22(24)28-25(30)13-8-9-19-20-17-18(2)14-15-21(20)29-26(19)23-11-6-7-16-27-23/h4-7,10-12,14-17,29H,3,8-9,13H2,1-2H3,(H,28,30). The highest BCUT2D eigenvalue weighted by atomic mass is 16.5. The number of H-pyrrole nitrogens is 1. The number of hydrogen-bond acceptors (Lipinski definition) is 3. The first-order valence-corrected chi connectivity index (χ1v) is 10.7. The third kappa shape index (κ3) is 4.77. The molecule has 0 saturated carbocycles. The summed E-state index contributed by atoms with van der Waals surface area (Å²) in [6, 6.07) is 19.9. The number of rotatable bonds is 8. The van der Waals surface area contributed by atoms with Crippen LogP contribution in [0, 0.1) is 6.92 Å². The number of aromatic nitrogens is 2. The molecule has 0 saturated heterocycles. The summed E-state index contributed by atoms with van der Waals surface area (Å²) in [7, 11) is 0. The quantitative estimate of drug-likeness (QED) is 0.378. The highest BCUT2D eigenvalue weighted by molar-refractivity contribution is 5.93. The van der Waals surface area contributed by atoms with E-state index < -0.39 is 0 Å². The van der Waals surface area contributed by atoms with E-state index in [1.54, 1.807) is 6.20 Å². The number of carbonyl (C=O) groups excluding carboxylic acids is 1. The fourth-order valence-corrected chi connectivity index (χ4v) is 3.84. The van der Waals surface area contributed by atoms with Crippen molar-refractivity contribution in [2.75, 3.05) is 11.9 Å². The maximum absolute atomic E-state index is 12.6. The van der Waals surface area contributed by atoms with Crippen LogP contribution in [0.15, 0.2) is 66.9 Å². The maximum atomic E-state index is 12.6. The van der Waals surface area contributed by atoms with Crippen molar-refractivity contribution >= 4 is 22.5 Å². The lowest BCUT2D eigenvalue weighted by Crippen LogP contribution is -2.12.